The lowest BCUT2D eigenvalue weighted by Gasteiger charge is -2.34. The molecule has 0 unspecified atom stereocenters. The van der Waals surface area contributed by atoms with E-state index in [2.05, 4.69) is 21.2 Å². The molecule has 0 spiro atoms. The molecule has 0 bridgehead atoms. The van der Waals surface area contributed by atoms with E-state index in [1.54, 1.807) is 14.2 Å². The molecule has 156 valence electrons. The molecule has 1 saturated heterocycles. The topological polar surface area (TPSA) is 70.7 Å². The Bertz CT molecular complexity index is 992. The van der Waals surface area contributed by atoms with Gasteiger partial charge in [-0.25, -0.2) is 0 Å². The van der Waals surface area contributed by atoms with E-state index in [-0.39, 0.29) is 5.91 Å². The zero-order chi connectivity index (χ0) is 20.9. The van der Waals surface area contributed by atoms with Crippen LogP contribution in [-0.4, -0.2) is 61.4 Å². The zero-order valence-corrected chi connectivity index (χ0v) is 17.3. The molecule has 7 nitrogen and oxygen atoms in total. The molecule has 1 amide bonds. The van der Waals surface area contributed by atoms with Crippen molar-refractivity contribution in [3.8, 4) is 22.8 Å². The van der Waals surface area contributed by atoms with Crippen molar-refractivity contribution in [1.82, 2.24) is 15.1 Å². The molecule has 1 fully saturated rings. The first kappa shape index (κ1) is 19.8. The average molecular weight is 406 g/mol. The number of methoxy groups -OCH3 is 2. The third-order valence-corrected chi connectivity index (χ3v) is 5.41. The second kappa shape index (κ2) is 8.90. The van der Waals surface area contributed by atoms with Gasteiger partial charge >= 0.3 is 0 Å². The van der Waals surface area contributed by atoms with E-state index in [1.165, 1.54) is 0 Å². The van der Waals surface area contributed by atoms with Crippen molar-refractivity contribution in [2.75, 3.05) is 45.3 Å². The van der Waals surface area contributed by atoms with Crippen LogP contribution in [0.4, 0.5) is 5.82 Å². The second-order valence-corrected chi connectivity index (χ2v) is 7.26. The van der Waals surface area contributed by atoms with Crippen LogP contribution >= 0.6 is 0 Å². The van der Waals surface area contributed by atoms with E-state index in [1.807, 2.05) is 53.4 Å². The number of ether oxygens (including phenoxy) is 2. The monoisotopic (exact) mass is 406 g/mol. The number of aromatic amines is 1. The van der Waals surface area contributed by atoms with Gasteiger partial charge in [0.2, 0.25) is 5.91 Å². The molecule has 1 aliphatic heterocycles. The Morgan fingerprint density at radius 1 is 0.967 bits per heavy atom. The highest BCUT2D eigenvalue weighted by Crippen LogP contribution is 2.24. The Kier molecular flexibility index (Phi) is 5.88. The number of rotatable bonds is 6. The van der Waals surface area contributed by atoms with Crippen LogP contribution < -0.4 is 14.4 Å². The van der Waals surface area contributed by atoms with Gasteiger partial charge in [0.25, 0.3) is 0 Å². The molecule has 1 N–H and O–H groups in total. The van der Waals surface area contributed by atoms with Gasteiger partial charge in [0.05, 0.1) is 26.3 Å². The number of anilines is 1. The molecule has 0 radical (unpaired) electrons. The highest BCUT2D eigenvalue weighted by atomic mass is 16.5. The van der Waals surface area contributed by atoms with Crippen molar-refractivity contribution >= 4 is 11.7 Å². The highest BCUT2D eigenvalue weighted by molar-refractivity contribution is 5.79. The third-order valence-electron chi connectivity index (χ3n) is 5.41. The summed E-state index contributed by atoms with van der Waals surface area (Å²) >= 11 is 0. The Morgan fingerprint density at radius 3 is 2.40 bits per heavy atom. The van der Waals surface area contributed by atoms with Crippen molar-refractivity contribution in [2.24, 2.45) is 0 Å². The minimum absolute atomic E-state index is 0.142. The number of hydrogen-bond acceptors (Lipinski definition) is 5. The van der Waals surface area contributed by atoms with Crippen LogP contribution in [-0.2, 0) is 11.2 Å². The molecule has 0 aliphatic carbocycles. The Balaban J connectivity index is 1.34. The van der Waals surface area contributed by atoms with Gasteiger partial charge in [-0.05, 0) is 47.5 Å². The minimum Gasteiger partial charge on any atom is -0.497 e. The smallest absolute Gasteiger partial charge is 0.227 e. The Hall–Kier alpha value is -3.48. The van der Waals surface area contributed by atoms with Crippen LogP contribution in [0.3, 0.4) is 0 Å². The summed E-state index contributed by atoms with van der Waals surface area (Å²) < 4.78 is 10.5. The van der Waals surface area contributed by atoms with Crippen molar-refractivity contribution < 1.29 is 14.3 Å². The molecular weight excluding hydrogens is 380 g/mol. The lowest BCUT2D eigenvalue weighted by atomic mass is 10.1. The lowest BCUT2D eigenvalue weighted by Crippen LogP contribution is -2.49. The number of nitrogens with one attached hydrogen (secondary N) is 1. The summed E-state index contributed by atoms with van der Waals surface area (Å²) in [5.41, 5.74) is 2.99. The van der Waals surface area contributed by atoms with E-state index in [4.69, 9.17) is 9.47 Å². The van der Waals surface area contributed by atoms with Crippen molar-refractivity contribution in [2.45, 2.75) is 6.42 Å². The summed E-state index contributed by atoms with van der Waals surface area (Å²) in [6, 6.07) is 17.6. The predicted octanol–water partition coefficient (Wildman–Crippen LogP) is 2.99. The van der Waals surface area contributed by atoms with Crippen LogP contribution in [0.5, 0.6) is 11.5 Å². The summed E-state index contributed by atoms with van der Waals surface area (Å²) in [5.74, 6) is 2.65. The maximum absolute atomic E-state index is 12.7. The second-order valence-electron chi connectivity index (χ2n) is 7.26. The molecule has 1 aliphatic rings. The van der Waals surface area contributed by atoms with Gasteiger partial charge < -0.3 is 19.3 Å². The van der Waals surface area contributed by atoms with Gasteiger partial charge in [0.15, 0.2) is 5.82 Å². The van der Waals surface area contributed by atoms with E-state index >= 15 is 0 Å². The summed E-state index contributed by atoms with van der Waals surface area (Å²) in [4.78, 5) is 16.8. The average Bonchev–Trinajstić information content (AvgIpc) is 3.29. The molecule has 0 atom stereocenters. The van der Waals surface area contributed by atoms with Crippen molar-refractivity contribution in [3.63, 3.8) is 0 Å². The molecule has 4 rings (SSSR count). The number of piperazine rings is 1. The summed E-state index contributed by atoms with van der Waals surface area (Å²) in [5, 5.41) is 7.58. The number of H-pyrrole nitrogens is 1. The summed E-state index contributed by atoms with van der Waals surface area (Å²) in [6.07, 6.45) is 0.390. The molecule has 3 aromatic rings. The first-order chi connectivity index (χ1) is 14.7. The summed E-state index contributed by atoms with van der Waals surface area (Å²) in [7, 11) is 3.29. The molecular formula is C23H26N4O3. The molecule has 0 saturated carbocycles. The first-order valence-corrected chi connectivity index (χ1v) is 10.0. The van der Waals surface area contributed by atoms with Crippen molar-refractivity contribution in [3.05, 3.63) is 60.2 Å². The van der Waals surface area contributed by atoms with Crippen LogP contribution in [0.15, 0.2) is 54.6 Å². The lowest BCUT2D eigenvalue weighted by molar-refractivity contribution is -0.130. The maximum atomic E-state index is 12.7. The van der Waals surface area contributed by atoms with Crippen LogP contribution in [0.2, 0.25) is 0 Å². The van der Waals surface area contributed by atoms with Gasteiger partial charge in [-0.3, -0.25) is 9.89 Å². The molecule has 7 heteroatoms. The normalized spacial score (nSPS) is 13.9. The fourth-order valence-corrected chi connectivity index (χ4v) is 3.65. The SMILES string of the molecule is COc1ccc(-c2cc(N3CCN(C(=O)Cc4cccc(OC)c4)CC3)n[nH]2)cc1. The molecule has 30 heavy (non-hydrogen) atoms. The number of carbonyl (C=O) groups excluding carboxylic acids is 1. The van der Waals surface area contributed by atoms with E-state index < -0.39 is 0 Å². The fourth-order valence-electron chi connectivity index (χ4n) is 3.65. The van der Waals surface area contributed by atoms with E-state index in [9.17, 15) is 4.79 Å². The van der Waals surface area contributed by atoms with Crippen LogP contribution in [0.25, 0.3) is 11.3 Å². The predicted molar refractivity (Wildman–Crippen MR) is 116 cm³/mol. The van der Waals surface area contributed by atoms with Crippen LogP contribution in [0, 0.1) is 0 Å². The van der Waals surface area contributed by atoms with Gasteiger partial charge in [-0.15, -0.1) is 0 Å². The van der Waals surface area contributed by atoms with Gasteiger partial charge in [0, 0.05) is 32.2 Å². The van der Waals surface area contributed by atoms with Crippen molar-refractivity contribution in [1.29, 1.82) is 0 Å². The quantitative estimate of drug-likeness (QED) is 0.682. The largest absolute Gasteiger partial charge is 0.497 e. The zero-order valence-electron chi connectivity index (χ0n) is 17.3. The fraction of sp³-hybridized carbons (Fsp3) is 0.304. The van der Waals surface area contributed by atoms with Gasteiger partial charge in [-0.1, -0.05) is 12.1 Å². The standard InChI is InChI=1S/C23H26N4O3/c1-29-19-8-6-18(7-9-19)21-16-22(25-24-21)26-10-12-27(13-11-26)23(28)15-17-4-3-5-20(14-17)30-2/h3-9,14,16H,10-13,15H2,1-2H3,(H,24,25). The van der Waals surface area contributed by atoms with E-state index in [0.29, 0.717) is 19.5 Å². The van der Waals surface area contributed by atoms with E-state index in [0.717, 1.165) is 47.2 Å². The number of aromatic nitrogens is 2. The highest BCUT2D eigenvalue weighted by Gasteiger charge is 2.23. The number of hydrogen-bond donors (Lipinski definition) is 1. The number of nitrogens with zero attached hydrogens (tertiary/aromatic N) is 3. The number of carbonyl (C=O) groups is 1. The summed E-state index contributed by atoms with van der Waals surface area (Å²) in [6.45, 7) is 2.90. The molecule has 1 aromatic heterocycles. The Labute approximate surface area is 176 Å². The maximum Gasteiger partial charge on any atom is 0.227 e. The third kappa shape index (κ3) is 4.40. The van der Waals surface area contributed by atoms with Gasteiger partial charge in [-0.2, -0.15) is 5.10 Å². The van der Waals surface area contributed by atoms with Crippen LogP contribution in [0.1, 0.15) is 5.56 Å². The number of amides is 1. The van der Waals surface area contributed by atoms with Gasteiger partial charge in [0.1, 0.15) is 11.5 Å². The Morgan fingerprint density at radius 2 is 1.70 bits per heavy atom. The first-order valence-electron chi connectivity index (χ1n) is 10.0. The molecule has 2 aromatic carbocycles. The minimum atomic E-state index is 0.142. The molecule has 2 heterocycles. The number of benzene rings is 2.